The molecule has 0 unspecified atom stereocenters. The van der Waals surface area contributed by atoms with E-state index in [1.165, 1.54) is 0 Å². The lowest BCUT2D eigenvalue weighted by Gasteiger charge is -2.64. The van der Waals surface area contributed by atoms with E-state index in [0.717, 1.165) is 18.4 Å². The first-order chi connectivity index (χ1) is 21.7. The monoisotopic (exact) mass is 640 g/mol. The predicted octanol–water partition coefficient (Wildman–Crippen LogP) is 3.10. The summed E-state index contributed by atoms with van der Waals surface area (Å²) in [5.41, 5.74) is 1.69. The van der Waals surface area contributed by atoms with Crippen molar-refractivity contribution in [1.82, 2.24) is 21.4 Å². The van der Waals surface area contributed by atoms with E-state index in [1.807, 2.05) is 24.3 Å². The van der Waals surface area contributed by atoms with Gasteiger partial charge in [0.25, 0.3) is 5.96 Å². The van der Waals surface area contributed by atoms with Gasteiger partial charge in [0, 0.05) is 6.54 Å². The molecule has 0 spiro atoms. The summed E-state index contributed by atoms with van der Waals surface area (Å²) in [6, 6.07) is 6.55. The normalized spacial score (nSPS) is 27.8. The number of hydrogen-bond acceptors (Lipinski definition) is 8. The average Bonchev–Trinajstić information content (AvgIpc) is 3.72. The van der Waals surface area contributed by atoms with E-state index in [2.05, 4.69) is 50.6 Å². The average molecular weight is 641 g/mol. The zero-order valence-corrected chi connectivity index (χ0v) is 27.8. The highest BCUT2D eigenvalue weighted by Crippen LogP contribution is 2.65. The van der Waals surface area contributed by atoms with E-state index in [-0.39, 0.29) is 42.2 Å². The minimum absolute atomic E-state index is 0.0234. The third-order valence-electron chi connectivity index (χ3n) is 11.0. The van der Waals surface area contributed by atoms with Crippen molar-refractivity contribution < 1.29 is 28.7 Å². The quantitative estimate of drug-likeness (QED) is 0.0511. The second kappa shape index (κ2) is 13.0. The number of methoxy groups -OCH3 is 1. The van der Waals surface area contributed by atoms with Crippen molar-refractivity contribution in [3.05, 3.63) is 39.9 Å². The molecule has 14 heteroatoms. The van der Waals surface area contributed by atoms with Crippen molar-refractivity contribution in [3.63, 3.8) is 0 Å². The highest BCUT2D eigenvalue weighted by Gasteiger charge is 2.68. The topological polar surface area (TPSA) is 177 Å². The van der Waals surface area contributed by atoms with Gasteiger partial charge < -0.3 is 30.0 Å². The standard InChI is InChI=1S/C32H49BN6O7/c1-19(2)16-26(33-45-25-18-21-17-24(30(21,3)4)31(25,5)46-33)37-27(40)23(8-7-15-35-29(34)38-39(42)43)36-28(41)32(13-14-32)20-9-11-22(44-6)12-10-20/h9-12,19,21,23-26H,7-8,13-18H2,1-6H3,(H,36,41)(H,37,40)(H3,34,35,38)/t21-,23-,24-,25+,26-,31-/m0/s1. The van der Waals surface area contributed by atoms with Crippen LogP contribution in [0.25, 0.3) is 0 Å². The van der Waals surface area contributed by atoms with E-state index in [1.54, 1.807) is 12.5 Å². The third kappa shape index (κ3) is 6.69. The molecule has 4 saturated carbocycles. The van der Waals surface area contributed by atoms with Gasteiger partial charge in [0.2, 0.25) is 11.8 Å². The predicted molar refractivity (Wildman–Crippen MR) is 172 cm³/mol. The highest BCUT2D eigenvalue weighted by molar-refractivity contribution is 6.48. The summed E-state index contributed by atoms with van der Waals surface area (Å²) >= 11 is 0. The Morgan fingerprint density at radius 3 is 2.43 bits per heavy atom. The Balaban J connectivity index is 1.29. The van der Waals surface area contributed by atoms with Gasteiger partial charge in [-0.15, -0.1) is 0 Å². The Morgan fingerprint density at radius 2 is 1.85 bits per heavy atom. The smallest absolute Gasteiger partial charge is 0.481 e. The molecular weight excluding hydrogens is 591 g/mol. The van der Waals surface area contributed by atoms with Crippen LogP contribution in [0, 0.1) is 38.7 Å². The van der Waals surface area contributed by atoms with Crippen molar-refractivity contribution in [2.75, 3.05) is 13.7 Å². The molecule has 46 heavy (non-hydrogen) atoms. The lowest BCUT2D eigenvalue weighted by atomic mass is 9.43. The summed E-state index contributed by atoms with van der Waals surface area (Å²) in [5.74, 6) is 0.523. The van der Waals surface area contributed by atoms with Crippen LogP contribution in [0.4, 0.5) is 0 Å². The number of ether oxygens (including phenoxy) is 1. The van der Waals surface area contributed by atoms with Gasteiger partial charge in [-0.25, -0.2) is 10.1 Å². The van der Waals surface area contributed by atoms with Crippen molar-refractivity contribution in [2.24, 2.45) is 23.2 Å². The number of benzene rings is 1. The van der Waals surface area contributed by atoms with Crippen LogP contribution >= 0.6 is 0 Å². The molecule has 2 bridgehead atoms. The first-order valence-electron chi connectivity index (χ1n) is 16.5. The Hall–Kier alpha value is -3.39. The summed E-state index contributed by atoms with van der Waals surface area (Å²) in [6.07, 6.45) is 4.66. The molecular formula is C32H49BN6O7. The number of nitro groups is 1. The Labute approximate surface area is 271 Å². The maximum atomic E-state index is 14.0. The molecule has 2 amide bonds. The SMILES string of the molecule is COc1ccc(C2(C(=O)N[C@@H](CCCNC(=N)N[N+](=O)[O-])C(=O)N[C@@H](CC(C)C)B3O[C@@H]4C[C@@H]5C[C@@H](C5(C)C)[C@]4(C)O3)CC2)cc1. The molecule has 0 radical (unpaired) electrons. The van der Waals surface area contributed by atoms with E-state index in [9.17, 15) is 19.7 Å². The van der Waals surface area contributed by atoms with Crippen molar-refractivity contribution in [2.45, 2.75) is 109 Å². The van der Waals surface area contributed by atoms with Crippen LogP contribution in [-0.4, -0.2) is 67.3 Å². The van der Waals surface area contributed by atoms with Gasteiger partial charge in [-0.1, -0.05) is 45.3 Å². The van der Waals surface area contributed by atoms with Gasteiger partial charge in [-0.3, -0.25) is 15.0 Å². The highest BCUT2D eigenvalue weighted by atomic mass is 16.7. The lowest BCUT2D eigenvalue weighted by Crippen LogP contribution is -2.65. The second-order valence-corrected chi connectivity index (χ2v) is 14.7. The first-order valence-corrected chi connectivity index (χ1v) is 16.5. The van der Waals surface area contributed by atoms with Crippen LogP contribution in [0.2, 0.25) is 0 Å². The summed E-state index contributed by atoms with van der Waals surface area (Å²) in [5, 5.41) is 26.3. The van der Waals surface area contributed by atoms with Crippen LogP contribution in [0.15, 0.2) is 24.3 Å². The summed E-state index contributed by atoms with van der Waals surface area (Å²) in [7, 11) is 0.991. The molecule has 1 aromatic rings. The summed E-state index contributed by atoms with van der Waals surface area (Å²) in [4.78, 5) is 38.4. The molecule has 5 N–H and O–H groups in total. The molecule has 1 aromatic carbocycles. The van der Waals surface area contributed by atoms with Gasteiger partial charge in [-0.05, 0) is 92.7 Å². The van der Waals surface area contributed by atoms with E-state index >= 15 is 0 Å². The lowest BCUT2D eigenvalue weighted by molar-refractivity contribution is -0.525. The molecule has 6 atom stereocenters. The number of amides is 2. The van der Waals surface area contributed by atoms with E-state index in [4.69, 9.17) is 19.5 Å². The molecule has 0 aromatic heterocycles. The molecule has 13 nitrogen and oxygen atoms in total. The van der Waals surface area contributed by atoms with Gasteiger partial charge in [0.05, 0.1) is 30.2 Å². The van der Waals surface area contributed by atoms with Crippen LogP contribution in [0.3, 0.4) is 0 Å². The number of rotatable bonds is 14. The van der Waals surface area contributed by atoms with Crippen molar-refractivity contribution in [3.8, 4) is 5.75 Å². The van der Waals surface area contributed by atoms with Crippen LogP contribution in [-0.2, 0) is 24.3 Å². The van der Waals surface area contributed by atoms with Crippen molar-refractivity contribution in [1.29, 1.82) is 5.41 Å². The summed E-state index contributed by atoms with van der Waals surface area (Å²) in [6.45, 7) is 11.2. The largest absolute Gasteiger partial charge is 0.497 e. The minimum atomic E-state index is -0.872. The van der Waals surface area contributed by atoms with Gasteiger partial charge in [0.15, 0.2) is 5.03 Å². The molecule has 1 aliphatic heterocycles. The Morgan fingerprint density at radius 1 is 1.15 bits per heavy atom. The molecule has 1 heterocycles. The molecule has 252 valence electrons. The number of carbonyl (C=O) groups excluding carboxylic acids is 2. The second-order valence-electron chi connectivity index (χ2n) is 14.7. The number of hydrazine groups is 1. The molecule has 1 saturated heterocycles. The molecule has 4 aliphatic carbocycles. The molecule has 5 fully saturated rings. The number of nitrogens with zero attached hydrogens (tertiary/aromatic N) is 1. The fourth-order valence-corrected chi connectivity index (χ4v) is 8.00. The zero-order valence-electron chi connectivity index (χ0n) is 27.8. The van der Waals surface area contributed by atoms with Gasteiger partial charge >= 0.3 is 7.12 Å². The minimum Gasteiger partial charge on any atom is -0.497 e. The van der Waals surface area contributed by atoms with E-state index < -0.39 is 41.1 Å². The maximum absolute atomic E-state index is 14.0. The van der Waals surface area contributed by atoms with Crippen molar-refractivity contribution >= 4 is 24.9 Å². The van der Waals surface area contributed by atoms with Crippen LogP contribution in [0.1, 0.15) is 85.1 Å². The number of carbonyl (C=O) groups is 2. The number of nitrogens with one attached hydrogen (secondary N) is 5. The Kier molecular flexibility index (Phi) is 9.61. The number of hydrogen-bond donors (Lipinski definition) is 5. The number of guanidine groups is 1. The zero-order chi connectivity index (χ0) is 33.4. The fourth-order valence-electron chi connectivity index (χ4n) is 8.00. The van der Waals surface area contributed by atoms with E-state index in [0.29, 0.717) is 43.3 Å². The molecule has 6 rings (SSSR count). The van der Waals surface area contributed by atoms with Crippen LogP contribution < -0.4 is 26.1 Å². The van der Waals surface area contributed by atoms with Crippen LogP contribution in [0.5, 0.6) is 5.75 Å². The molecule has 5 aliphatic rings. The first kappa shape index (κ1) is 34.0. The van der Waals surface area contributed by atoms with Gasteiger partial charge in [-0.2, -0.15) is 0 Å². The summed E-state index contributed by atoms with van der Waals surface area (Å²) < 4.78 is 18.6. The third-order valence-corrected chi connectivity index (χ3v) is 11.0. The maximum Gasteiger partial charge on any atom is 0.481 e. The fraction of sp³-hybridized carbons (Fsp3) is 0.719. The van der Waals surface area contributed by atoms with Gasteiger partial charge in [0.1, 0.15) is 11.8 Å². The Bertz CT molecular complexity index is 1320.